The Labute approximate surface area is 179 Å². The first-order valence-electron chi connectivity index (χ1n) is 11.5. The van der Waals surface area contributed by atoms with Crippen LogP contribution in [0.4, 0.5) is 5.95 Å². The molecule has 1 N–H and O–H groups in total. The van der Waals surface area contributed by atoms with Crippen molar-refractivity contribution in [3.8, 4) is 0 Å². The number of aromatic nitrogens is 2. The molecule has 166 valence electrons. The quantitative estimate of drug-likeness (QED) is 0.795. The number of ether oxygens (including phenoxy) is 2. The van der Waals surface area contributed by atoms with E-state index in [1.54, 1.807) is 0 Å². The van der Waals surface area contributed by atoms with Gasteiger partial charge in [-0.25, -0.2) is 9.97 Å². The third-order valence-electron chi connectivity index (χ3n) is 7.04. The summed E-state index contributed by atoms with van der Waals surface area (Å²) in [6.07, 6.45) is 7.21. The largest absolute Gasteiger partial charge is 0.381 e. The van der Waals surface area contributed by atoms with Crippen LogP contribution in [0.2, 0.25) is 0 Å². The molecule has 3 aliphatic rings. The zero-order valence-corrected chi connectivity index (χ0v) is 18.5. The Balaban J connectivity index is 1.19. The number of piperidine rings is 1. The fourth-order valence-corrected chi connectivity index (χ4v) is 5.01. The SMILES string of the molecule is Cc1cc(C)nc(N2CCC3(CC[C@@H](CNC(=O)CC4CCOCC4)OC3)CC2)n1. The first kappa shape index (κ1) is 21.5. The minimum Gasteiger partial charge on any atom is -0.381 e. The minimum absolute atomic E-state index is 0.148. The number of hydrogen-bond acceptors (Lipinski definition) is 6. The maximum atomic E-state index is 12.2. The van der Waals surface area contributed by atoms with Crippen LogP contribution in [-0.4, -0.2) is 61.4 Å². The van der Waals surface area contributed by atoms with Gasteiger partial charge in [-0.3, -0.25) is 4.79 Å². The summed E-state index contributed by atoms with van der Waals surface area (Å²) < 4.78 is 11.6. The highest BCUT2D eigenvalue weighted by molar-refractivity contribution is 5.76. The van der Waals surface area contributed by atoms with Crippen molar-refractivity contribution >= 4 is 11.9 Å². The van der Waals surface area contributed by atoms with Gasteiger partial charge in [0.05, 0.1) is 12.7 Å². The molecule has 1 spiro atoms. The third kappa shape index (κ3) is 5.49. The molecule has 4 heterocycles. The van der Waals surface area contributed by atoms with Crippen molar-refractivity contribution in [1.29, 1.82) is 0 Å². The Hall–Kier alpha value is -1.73. The van der Waals surface area contributed by atoms with Gasteiger partial charge in [0, 0.05) is 50.7 Å². The van der Waals surface area contributed by atoms with Crippen LogP contribution in [0.15, 0.2) is 6.07 Å². The van der Waals surface area contributed by atoms with Crippen LogP contribution in [0, 0.1) is 25.2 Å². The number of hydrogen-bond donors (Lipinski definition) is 1. The average molecular weight is 417 g/mol. The van der Waals surface area contributed by atoms with Gasteiger partial charge >= 0.3 is 0 Å². The van der Waals surface area contributed by atoms with Gasteiger partial charge in [-0.05, 0) is 69.8 Å². The number of rotatable bonds is 5. The minimum atomic E-state index is 0.148. The first-order valence-corrected chi connectivity index (χ1v) is 11.5. The fraction of sp³-hybridized carbons (Fsp3) is 0.783. The predicted octanol–water partition coefficient (Wildman–Crippen LogP) is 2.79. The van der Waals surface area contributed by atoms with Gasteiger partial charge in [0.2, 0.25) is 11.9 Å². The van der Waals surface area contributed by atoms with Crippen molar-refractivity contribution in [1.82, 2.24) is 15.3 Å². The molecule has 1 atom stereocenters. The summed E-state index contributed by atoms with van der Waals surface area (Å²) in [5, 5.41) is 3.10. The lowest BCUT2D eigenvalue weighted by molar-refractivity contribution is -0.124. The van der Waals surface area contributed by atoms with Crippen LogP contribution >= 0.6 is 0 Å². The topological polar surface area (TPSA) is 76.6 Å². The summed E-state index contributed by atoms with van der Waals surface area (Å²) in [5.41, 5.74) is 2.33. The number of nitrogens with one attached hydrogen (secondary N) is 1. The Morgan fingerprint density at radius 3 is 2.47 bits per heavy atom. The molecule has 0 bridgehead atoms. The summed E-state index contributed by atoms with van der Waals surface area (Å²) in [6, 6.07) is 2.02. The van der Waals surface area contributed by atoms with Gasteiger partial charge in [-0.2, -0.15) is 0 Å². The molecule has 7 heteroatoms. The first-order chi connectivity index (χ1) is 14.5. The molecule has 1 amide bonds. The van der Waals surface area contributed by atoms with Crippen molar-refractivity contribution in [2.24, 2.45) is 11.3 Å². The fourth-order valence-electron chi connectivity index (χ4n) is 5.01. The van der Waals surface area contributed by atoms with E-state index in [-0.39, 0.29) is 17.4 Å². The standard InChI is InChI=1S/C23H36N4O3/c1-17-13-18(2)26-22(25-17)27-9-7-23(8-10-27)6-3-20(30-16-23)15-24-21(28)14-19-4-11-29-12-5-19/h13,19-20H,3-12,14-16H2,1-2H3,(H,24,28)/t20-/m0/s1. The summed E-state index contributed by atoms with van der Waals surface area (Å²) in [5.74, 6) is 1.50. The highest BCUT2D eigenvalue weighted by Gasteiger charge is 2.39. The second kappa shape index (κ2) is 9.60. The zero-order chi connectivity index (χ0) is 21.0. The number of anilines is 1. The average Bonchev–Trinajstić information content (AvgIpc) is 2.74. The molecule has 3 aliphatic heterocycles. The highest BCUT2D eigenvalue weighted by atomic mass is 16.5. The molecular formula is C23H36N4O3. The van der Waals surface area contributed by atoms with Crippen LogP contribution in [0.1, 0.15) is 56.3 Å². The van der Waals surface area contributed by atoms with Crippen molar-refractivity contribution in [2.75, 3.05) is 44.4 Å². The summed E-state index contributed by atoms with van der Waals surface area (Å²) in [6.45, 7) is 9.05. The van der Waals surface area contributed by atoms with Crippen LogP contribution in [0.3, 0.4) is 0 Å². The zero-order valence-electron chi connectivity index (χ0n) is 18.5. The molecular weight excluding hydrogens is 380 g/mol. The van der Waals surface area contributed by atoms with Crippen molar-refractivity contribution in [3.05, 3.63) is 17.5 Å². The molecule has 0 radical (unpaired) electrons. The smallest absolute Gasteiger partial charge is 0.225 e. The predicted molar refractivity (Wildman–Crippen MR) is 116 cm³/mol. The molecule has 0 saturated carbocycles. The maximum Gasteiger partial charge on any atom is 0.225 e. The van der Waals surface area contributed by atoms with Gasteiger partial charge in [-0.15, -0.1) is 0 Å². The number of aryl methyl sites for hydroxylation is 2. The monoisotopic (exact) mass is 416 g/mol. The maximum absolute atomic E-state index is 12.2. The van der Waals surface area contributed by atoms with E-state index >= 15 is 0 Å². The lowest BCUT2D eigenvalue weighted by Crippen LogP contribution is -2.48. The summed E-state index contributed by atoms with van der Waals surface area (Å²) in [4.78, 5) is 23.8. The van der Waals surface area contributed by atoms with E-state index in [1.165, 1.54) is 6.42 Å². The molecule has 0 aromatic carbocycles. The molecule has 0 aliphatic carbocycles. The van der Waals surface area contributed by atoms with Gasteiger partial charge in [0.15, 0.2) is 0 Å². The van der Waals surface area contributed by atoms with Crippen molar-refractivity contribution in [3.63, 3.8) is 0 Å². The van der Waals surface area contributed by atoms with Gasteiger partial charge in [0.25, 0.3) is 0 Å². The lowest BCUT2D eigenvalue weighted by atomic mass is 9.73. The van der Waals surface area contributed by atoms with E-state index in [0.717, 1.165) is 82.4 Å². The molecule has 3 fully saturated rings. The van der Waals surface area contributed by atoms with Crippen LogP contribution in [-0.2, 0) is 14.3 Å². The molecule has 1 aromatic rings. The lowest BCUT2D eigenvalue weighted by Gasteiger charge is -2.45. The Kier molecular flexibility index (Phi) is 6.88. The Morgan fingerprint density at radius 1 is 1.13 bits per heavy atom. The third-order valence-corrected chi connectivity index (χ3v) is 7.04. The van der Waals surface area contributed by atoms with E-state index in [1.807, 2.05) is 19.9 Å². The second-order valence-corrected chi connectivity index (χ2v) is 9.47. The number of carbonyl (C=O) groups excluding carboxylic acids is 1. The summed E-state index contributed by atoms with van der Waals surface area (Å²) >= 11 is 0. The van der Waals surface area contributed by atoms with Gasteiger partial charge in [0.1, 0.15) is 0 Å². The van der Waals surface area contributed by atoms with E-state index in [9.17, 15) is 4.79 Å². The molecule has 0 unspecified atom stereocenters. The number of amides is 1. The molecule has 30 heavy (non-hydrogen) atoms. The summed E-state index contributed by atoms with van der Waals surface area (Å²) in [7, 11) is 0. The molecule has 7 nitrogen and oxygen atoms in total. The van der Waals surface area contributed by atoms with Crippen LogP contribution < -0.4 is 10.2 Å². The Morgan fingerprint density at radius 2 is 1.83 bits per heavy atom. The second-order valence-electron chi connectivity index (χ2n) is 9.47. The van der Waals surface area contributed by atoms with E-state index in [4.69, 9.17) is 9.47 Å². The molecule has 1 aromatic heterocycles. The molecule has 3 saturated heterocycles. The van der Waals surface area contributed by atoms with Crippen molar-refractivity contribution < 1.29 is 14.3 Å². The molecule has 4 rings (SSSR count). The van der Waals surface area contributed by atoms with E-state index < -0.39 is 0 Å². The van der Waals surface area contributed by atoms with Crippen LogP contribution in [0.25, 0.3) is 0 Å². The van der Waals surface area contributed by atoms with Crippen molar-refractivity contribution in [2.45, 2.75) is 64.9 Å². The van der Waals surface area contributed by atoms with E-state index in [0.29, 0.717) is 18.9 Å². The number of carbonyl (C=O) groups is 1. The van der Waals surface area contributed by atoms with Crippen LogP contribution in [0.5, 0.6) is 0 Å². The Bertz CT molecular complexity index is 697. The van der Waals surface area contributed by atoms with Gasteiger partial charge in [-0.1, -0.05) is 0 Å². The highest BCUT2D eigenvalue weighted by Crippen LogP contribution is 2.41. The van der Waals surface area contributed by atoms with Gasteiger partial charge < -0.3 is 19.7 Å². The normalized spacial score (nSPS) is 24.7. The van der Waals surface area contributed by atoms with E-state index in [2.05, 4.69) is 20.2 Å². The number of nitrogens with zero attached hydrogens (tertiary/aromatic N) is 3.